The van der Waals surface area contributed by atoms with Crippen LogP contribution in [0.3, 0.4) is 0 Å². The number of benzene rings is 1. The van der Waals surface area contributed by atoms with Crippen molar-refractivity contribution in [3.05, 3.63) is 29.8 Å². The van der Waals surface area contributed by atoms with Gasteiger partial charge in [0, 0.05) is 12.8 Å². The Morgan fingerprint density at radius 2 is 1.38 bits per heavy atom. The first-order chi connectivity index (χ1) is 17.2. The molecule has 204 valence electrons. The molecule has 1 aromatic carbocycles. The summed E-state index contributed by atoms with van der Waals surface area (Å²) in [5.41, 5.74) is 16.4. The number of carboxylic acid groups (broad SMARTS) is 1. The molecule has 0 spiro atoms. The van der Waals surface area contributed by atoms with Crippen LogP contribution in [0.1, 0.15) is 38.7 Å². The number of hydrogen-bond donors (Lipinski definition) is 8. The first-order valence-corrected chi connectivity index (χ1v) is 11.4. The summed E-state index contributed by atoms with van der Waals surface area (Å²) in [7, 11) is 0. The van der Waals surface area contributed by atoms with Gasteiger partial charge in [0.1, 0.15) is 23.9 Å². The standard InChI is InChI=1S/C23H34N6O8/c1-11(2)19(23(36)37)29-21(34)15(7-8-17(25)31)27-22(35)16(9-12-3-5-13(30)6-4-12)28-20(33)14(24)10-18(26)32/h3-6,11,14-16,19,30H,7-10,24H2,1-2H3,(H2,25,31)(H2,26,32)(H,27,35)(H,28,33)(H,29,34)(H,36,37). The van der Waals surface area contributed by atoms with E-state index in [0.717, 1.165) is 0 Å². The molecule has 0 saturated heterocycles. The third kappa shape index (κ3) is 10.9. The minimum absolute atomic E-state index is 0.0291. The number of phenolic OH excluding ortho intramolecular Hbond substituents is 1. The molecule has 1 aromatic rings. The molecule has 4 unspecified atom stereocenters. The lowest BCUT2D eigenvalue weighted by molar-refractivity contribution is -0.143. The summed E-state index contributed by atoms with van der Waals surface area (Å²) in [4.78, 5) is 72.5. The first kappa shape index (κ1) is 30.8. The molecular formula is C23H34N6O8. The Balaban J connectivity index is 3.18. The molecule has 1 rings (SSSR count). The van der Waals surface area contributed by atoms with Crippen LogP contribution in [0.5, 0.6) is 5.75 Å². The highest BCUT2D eigenvalue weighted by atomic mass is 16.4. The molecule has 0 aliphatic rings. The van der Waals surface area contributed by atoms with Gasteiger partial charge in [0.2, 0.25) is 29.5 Å². The average Bonchev–Trinajstić information content (AvgIpc) is 2.79. The third-order valence-corrected chi connectivity index (χ3v) is 5.31. The summed E-state index contributed by atoms with van der Waals surface area (Å²) in [6.07, 6.45) is -1.11. The van der Waals surface area contributed by atoms with Crippen LogP contribution in [-0.4, -0.2) is 69.9 Å². The number of carbonyl (C=O) groups is 6. The monoisotopic (exact) mass is 522 g/mol. The molecule has 37 heavy (non-hydrogen) atoms. The molecule has 0 heterocycles. The van der Waals surface area contributed by atoms with Crippen LogP contribution in [-0.2, 0) is 35.2 Å². The molecule has 14 heteroatoms. The highest BCUT2D eigenvalue weighted by molar-refractivity contribution is 5.95. The van der Waals surface area contributed by atoms with Crippen molar-refractivity contribution in [1.29, 1.82) is 0 Å². The second kappa shape index (κ2) is 14.4. The van der Waals surface area contributed by atoms with Gasteiger partial charge in [-0.3, -0.25) is 24.0 Å². The van der Waals surface area contributed by atoms with Gasteiger partial charge in [-0.1, -0.05) is 26.0 Å². The summed E-state index contributed by atoms with van der Waals surface area (Å²) in [5, 5.41) is 26.0. The van der Waals surface area contributed by atoms with Crippen molar-refractivity contribution in [2.24, 2.45) is 23.1 Å². The van der Waals surface area contributed by atoms with E-state index in [2.05, 4.69) is 16.0 Å². The van der Waals surface area contributed by atoms with E-state index in [1.807, 2.05) is 0 Å². The normalized spacial score (nSPS) is 14.1. The number of aromatic hydroxyl groups is 1. The first-order valence-electron chi connectivity index (χ1n) is 11.4. The number of amides is 5. The maximum atomic E-state index is 13.2. The van der Waals surface area contributed by atoms with Gasteiger partial charge in [0.05, 0.1) is 12.5 Å². The fraction of sp³-hybridized carbons (Fsp3) is 0.478. The quantitative estimate of drug-likeness (QED) is 0.122. The molecule has 0 radical (unpaired) electrons. The molecule has 0 saturated carbocycles. The molecule has 0 aromatic heterocycles. The number of carbonyl (C=O) groups excluding carboxylic acids is 5. The van der Waals surface area contributed by atoms with Gasteiger partial charge in [-0.2, -0.15) is 0 Å². The Kier molecular flexibility index (Phi) is 12.0. The molecule has 5 amide bonds. The predicted octanol–water partition coefficient (Wildman–Crippen LogP) is -2.40. The maximum absolute atomic E-state index is 13.2. The Bertz CT molecular complexity index is 997. The van der Waals surface area contributed by atoms with Gasteiger partial charge in [0.25, 0.3) is 0 Å². The fourth-order valence-electron chi connectivity index (χ4n) is 3.26. The van der Waals surface area contributed by atoms with Crippen molar-refractivity contribution in [2.75, 3.05) is 0 Å². The lowest BCUT2D eigenvalue weighted by Crippen LogP contribution is -2.58. The maximum Gasteiger partial charge on any atom is 0.326 e. The zero-order valence-electron chi connectivity index (χ0n) is 20.6. The number of nitrogens with one attached hydrogen (secondary N) is 3. The Morgan fingerprint density at radius 3 is 1.86 bits per heavy atom. The highest BCUT2D eigenvalue weighted by Crippen LogP contribution is 2.12. The van der Waals surface area contributed by atoms with Crippen molar-refractivity contribution >= 4 is 35.5 Å². The number of nitrogens with two attached hydrogens (primary N) is 3. The van der Waals surface area contributed by atoms with Gasteiger partial charge in [-0.05, 0) is 30.0 Å². The molecule has 0 bridgehead atoms. The van der Waals surface area contributed by atoms with Gasteiger partial charge in [0.15, 0.2) is 0 Å². The minimum Gasteiger partial charge on any atom is -0.508 e. The van der Waals surface area contributed by atoms with E-state index in [1.165, 1.54) is 24.3 Å². The van der Waals surface area contributed by atoms with Gasteiger partial charge < -0.3 is 43.4 Å². The molecule has 0 aliphatic heterocycles. The van der Waals surface area contributed by atoms with Crippen LogP contribution in [0.4, 0.5) is 0 Å². The van der Waals surface area contributed by atoms with Crippen LogP contribution in [0, 0.1) is 5.92 Å². The van der Waals surface area contributed by atoms with Crippen LogP contribution in [0.15, 0.2) is 24.3 Å². The fourth-order valence-corrected chi connectivity index (χ4v) is 3.26. The largest absolute Gasteiger partial charge is 0.508 e. The second-order valence-corrected chi connectivity index (χ2v) is 8.84. The van der Waals surface area contributed by atoms with E-state index in [0.29, 0.717) is 5.56 Å². The van der Waals surface area contributed by atoms with E-state index in [1.54, 1.807) is 13.8 Å². The summed E-state index contributed by atoms with van der Waals surface area (Å²) >= 11 is 0. The second-order valence-electron chi connectivity index (χ2n) is 8.84. The van der Waals surface area contributed by atoms with E-state index in [4.69, 9.17) is 17.2 Å². The van der Waals surface area contributed by atoms with Crippen LogP contribution >= 0.6 is 0 Å². The van der Waals surface area contributed by atoms with Crippen molar-refractivity contribution in [3.8, 4) is 5.75 Å². The smallest absolute Gasteiger partial charge is 0.326 e. The Hall–Kier alpha value is -4.20. The van der Waals surface area contributed by atoms with E-state index >= 15 is 0 Å². The molecule has 0 aliphatic carbocycles. The molecule has 4 atom stereocenters. The van der Waals surface area contributed by atoms with Gasteiger partial charge in [-0.25, -0.2) is 4.79 Å². The lowest BCUT2D eigenvalue weighted by atomic mass is 10.0. The molecule has 0 fully saturated rings. The van der Waals surface area contributed by atoms with Gasteiger partial charge in [-0.15, -0.1) is 0 Å². The van der Waals surface area contributed by atoms with Crippen molar-refractivity contribution in [1.82, 2.24) is 16.0 Å². The Morgan fingerprint density at radius 1 is 0.838 bits per heavy atom. The zero-order chi connectivity index (χ0) is 28.3. The number of aliphatic carboxylic acids is 1. The summed E-state index contributed by atoms with van der Waals surface area (Å²) in [6, 6.07) is 0.464. The van der Waals surface area contributed by atoms with E-state index < -0.39 is 72.0 Å². The topological polar surface area (TPSA) is 257 Å². The number of primary amides is 2. The Labute approximate surface area is 213 Å². The average molecular weight is 523 g/mol. The predicted molar refractivity (Wildman–Crippen MR) is 130 cm³/mol. The van der Waals surface area contributed by atoms with Crippen molar-refractivity contribution in [2.45, 2.75) is 63.7 Å². The summed E-state index contributed by atoms with van der Waals surface area (Å²) in [5.74, 6) is -5.96. The number of carboxylic acids is 1. The van der Waals surface area contributed by atoms with Crippen LogP contribution < -0.4 is 33.2 Å². The van der Waals surface area contributed by atoms with E-state index in [9.17, 15) is 39.0 Å². The van der Waals surface area contributed by atoms with Crippen LogP contribution in [0.25, 0.3) is 0 Å². The minimum atomic E-state index is -1.36. The van der Waals surface area contributed by atoms with E-state index in [-0.39, 0.29) is 25.0 Å². The molecule has 14 nitrogen and oxygen atoms in total. The van der Waals surface area contributed by atoms with Gasteiger partial charge >= 0.3 is 5.97 Å². The van der Waals surface area contributed by atoms with Crippen LogP contribution in [0.2, 0.25) is 0 Å². The number of rotatable bonds is 15. The summed E-state index contributed by atoms with van der Waals surface area (Å²) < 4.78 is 0. The SMILES string of the molecule is CC(C)C(NC(=O)C(CCC(N)=O)NC(=O)C(Cc1ccc(O)cc1)NC(=O)C(N)CC(N)=O)C(=O)O. The molecular weight excluding hydrogens is 488 g/mol. The van der Waals surface area contributed by atoms with Crippen molar-refractivity contribution < 1.29 is 39.0 Å². The number of hydrogen-bond acceptors (Lipinski definition) is 8. The third-order valence-electron chi connectivity index (χ3n) is 5.31. The lowest BCUT2D eigenvalue weighted by Gasteiger charge is -2.26. The highest BCUT2D eigenvalue weighted by Gasteiger charge is 2.31. The molecule has 11 N–H and O–H groups in total. The number of phenols is 1. The van der Waals surface area contributed by atoms with Crippen molar-refractivity contribution in [3.63, 3.8) is 0 Å². The zero-order valence-corrected chi connectivity index (χ0v) is 20.6. The summed E-state index contributed by atoms with van der Waals surface area (Å²) in [6.45, 7) is 3.16.